The number of hydrogen-bond acceptors (Lipinski definition) is 7. The smallest absolute Gasteiger partial charge is 0.336 e. The summed E-state index contributed by atoms with van der Waals surface area (Å²) < 4.78 is 10.3. The molecule has 1 aliphatic heterocycles. The van der Waals surface area contributed by atoms with E-state index in [-0.39, 0.29) is 24.9 Å². The predicted molar refractivity (Wildman–Crippen MR) is 136 cm³/mol. The summed E-state index contributed by atoms with van der Waals surface area (Å²) in [6, 6.07) is 18.8. The Morgan fingerprint density at radius 3 is 2.51 bits per heavy atom. The van der Waals surface area contributed by atoms with Crippen molar-refractivity contribution in [3.8, 4) is 6.07 Å². The zero-order chi connectivity index (χ0) is 25.2. The zero-order valence-corrected chi connectivity index (χ0v) is 21.0. The van der Waals surface area contributed by atoms with Gasteiger partial charge >= 0.3 is 5.97 Å². The molecule has 2 aromatic carbocycles. The first-order valence-corrected chi connectivity index (χ1v) is 12.3. The molecule has 1 atom stereocenters. The number of dihydropyridines is 1. The number of thioether (sulfide) groups is 1. The van der Waals surface area contributed by atoms with E-state index in [1.807, 2.05) is 30.3 Å². The molecule has 0 radical (unpaired) electrons. The lowest BCUT2D eigenvalue weighted by Crippen LogP contribution is -2.30. The normalized spacial score (nSPS) is 15.3. The monoisotopic (exact) mass is 511 g/mol. The van der Waals surface area contributed by atoms with E-state index < -0.39 is 11.9 Å². The Bertz CT molecular complexity index is 1160. The number of esters is 1. The van der Waals surface area contributed by atoms with Gasteiger partial charge in [-0.15, -0.1) is 0 Å². The molecule has 1 amide bonds. The number of hydrogen-bond donors (Lipinski definition) is 2. The molecular formula is C26H26ClN3O4S. The van der Waals surface area contributed by atoms with Crippen LogP contribution in [0.5, 0.6) is 0 Å². The standard InChI is InChI=1S/C26H26ClN3O4S/c1-17-23(26(32)34-13-12-33-2)24(19-8-10-20(27)11-9-19)21(14-28)25(30-17)35-16-22(31)29-15-18-6-4-3-5-7-18/h3-11,24,30H,12-13,15-16H2,1-2H3,(H,29,31)/t24-/m1/s1. The molecule has 0 spiro atoms. The fraction of sp³-hybridized carbons (Fsp3) is 0.269. The molecule has 9 heteroatoms. The van der Waals surface area contributed by atoms with Gasteiger partial charge in [-0.05, 0) is 30.2 Å². The van der Waals surface area contributed by atoms with Crippen LogP contribution < -0.4 is 10.6 Å². The van der Waals surface area contributed by atoms with E-state index in [1.54, 1.807) is 31.2 Å². The van der Waals surface area contributed by atoms with Gasteiger partial charge in [0.2, 0.25) is 5.91 Å². The van der Waals surface area contributed by atoms with Gasteiger partial charge in [0, 0.05) is 24.4 Å². The quantitative estimate of drug-likeness (QED) is 0.363. The first kappa shape index (κ1) is 26.4. The zero-order valence-electron chi connectivity index (χ0n) is 19.5. The second-order valence-corrected chi connectivity index (χ2v) is 9.10. The van der Waals surface area contributed by atoms with E-state index in [2.05, 4.69) is 16.7 Å². The fourth-order valence-electron chi connectivity index (χ4n) is 3.57. The number of halogens is 1. The largest absolute Gasteiger partial charge is 0.460 e. The van der Waals surface area contributed by atoms with Gasteiger partial charge in [0.05, 0.1) is 40.5 Å². The highest BCUT2D eigenvalue weighted by Gasteiger charge is 2.35. The van der Waals surface area contributed by atoms with Crippen LogP contribution in [0.25, 0.3) is 0 Å². The van der Waals surface area contributed by atoms with Crippen molar-refractivity contribution in [2.24, 2.45) is 0 Å². The van der Waals surface area contributed by atoms with Gasteiger partial charge in [-0.25, -0.2) is 4.79 Å². The van der Waals surface area contributed by atoms with Crippen LogP contribution in [0.15, 0.2) is 76.5 Å². The summed E-state index contributed by atoms with van der Waals surface area (Å²) in [5.74, 6) is -1.26. The molecule has 0 fully saturated rings. The van der Waals surface area contributed by atoms with Crippen LogP contribution >= 0.6 is 23.4 Å². The molecule has 35 heavy (non-hydrogen) atoms. The van der Waals surface area contributed by atoms with Crippen LogP contribution in [0.3, 0.4) is 0 Å². The lowest BCUT2D eigenvalue weighted by molar-refractivity contribution is -0.140. The van der Waals surface area contributed by atoms with Crippen molar-refractivity contribution in [1.29, 1.82) is 5.26 Å². The third kappa shape index (κ3) is 7.12. The minimum atomic E-state index is -0.663. The number of carbonyl (C=O) groups excluding carboxylic acids is 2. The van der Waals surface area contributed by atoms with Crippen molar-refractivity contribution >= 4 is 35.2 Å². The Kier molecular flexibility index (Phi) is 9.79. The van der Waals surface area contributed by atoms with Gasteiger partial charge in [-0.3, -0.25) is 4.79 Å². The van der Waals surface area contributed by atoms with Gasteiger partial charge in [0.1, 0.15) is 6.61 Å². The number of amides is 1. The van der Waals surface area contributed by atoms with E-state index in [0.29, 0.717) is 33.4 Å². The molecular weight excluding hydrogens is 486 g/mol. The lowest BCUT2D eigenvalue weighted by Gasteiger charge is -2.29. The van der Waals surface area contributed by atoms with Crippen LogP contribution in [0, 0.1) is 11.3 Å². The molecule has 7 nitrogen and oxygen atoms in total. The number of allylic oxidation sites excluding steroid dienone is 2. The van der Waals surface area contributed by atoms with Crippen molar-refractivity contribution < 1.29 is 19.1 Å². The summed E-state index contributed by atoms with van der Waals surface area (Å²) >= 11 is 7.28. The molecule has 0 saturated carbocycles. The fourth-order valence-corrected chi connectivity index (χ4v) is 4.61. The highest BCUT2D eigenvalue weighted by atomic mass is 35.5. The second kappa shape index (κ2) is 13.0. The summed E-state index contributed by atoms with van der Waals surface area (Å²) in [6.07, 6.45) is 0. The third-order valence-electron chi connectivity index (χ3n) is 5.27. The van der Waals surface area contributed by atoms with Crippen molar-refractivity contribution in [2.45, 2.75) is 19.4 Å². The van der Waals surface area contributed by atoms with Gasteiger partial charge in [0.15, 0.2) is 0 Å². The van der Waals surface area contributed by atoms with Gasteiger partial charge in [-0.2, -0.15) is 5.26 Å². The second-order valence-electron chi connectivity index (χ2n) is 7.68. The third-order valence-corrected chi connectivity index (χ3v) is 6.54. The van der Waals surface area contributed by atoms with E-state index >= 15 is 0 Å². The predicted octanol–water partition coefficient (Wildman–Crippen LogP) is 4.28. The highest BCUT2D eigenvalue weighted by Crippen LogP contribution is 2.41. The Labute approximate surface area is 214 Å². The molecule has 0 aromatic heterocycles. The Balaban J connectivity index is 1.82. The van der Waals surface area contributed by atoms with Crippen LogP contribution in [0.1, 0.15) is 24.0 Å². The number of ether oxygens (including phenoxy) is 2. The number of nitriles is 1. The number of benzene rings is 2. The number of nitrogens with one attached hydrogen (secondary N) is 2. The number of carbonyl (C=O) groups is 2. The molecule has 1 heterocycles. The Hall–Kier alpha value is -3.25. The molecule has 0 bridgehead atoms. The maximum absolute atomic E-state index is 13.0. The molecule has 0 saturated heterocycles. The molecule has 0 aliphatic carbocycles. The lowest BCUT2D eigenvalue weighted by atomic mass is 9.82. The van der Waals surface area contributed by atoms with Crippen molar-refractivity contribution in [2.75, 3.05) is 26.1 Å². The maximum Gasteiger partial charge on any atom is 0.336 e. The van der Waals surface area contributed by atoms with Gasteiger partial charge in [0.25, 0.3) is 0 Å². The summed E-state index contributed by atoms with van der Waals surface area (Å²) in [5.41, 5.74) is 2.93. The minimum Gasteiger partial charge on any atom is -0.460 e. The molecule has 1 aliphatic rings. The molecule has 2 N–H and O–H groups in total. The first-order chi connectivity index (χ1) is 16.9. The summed E-state index contributed by atoms with van der Waals surface area (Å²) in [5, 5.41) is 17.2. The molecule has 0 unspecified atom stereocenters. The van der Waals surface area contributed by atoms with Crippen LogP contribution in [-0.4, -0.2) is 38.0 Å². The summed E-state index contributed by atoms with van der Waals surface area (Å²) in [7, 11) is 1.52. The van der Waals surface area contributed by atoms with E-state index in [9.17, 15) is 14.9 Å². The van der Waals surface area contributed by atoms with Crippen LogP contribution in [0.2, 0.25) is 5.02 Å². The van der Waals surface area contributed by atoms with Crippen molar-refractivity contribution in [3.05, 3.63) is 92.6 Å². The average molecular weight is 512 g/mol. The maximum atomic E-state index is 13.0. The SMILES string of the molecule is COCCOC(=O)C1=C(C)NC(SCC(=O)NCc2ccccc2)=C(C#N)[C@H]1c1ccc(Cl)cc1. The summed E-state index contributed by atoms with van der Waals surface area (Å²) in [6.45, 7) is 2.52. The van der Waals surface area contributed by atoms with Crippen molar-refractivity contribution in [1.82, 2.24) is 10.6 Å². The number of nitrogens with zero attached hydrogens (tertiary/aromatic N) is 1. The van der Waals surface area contributed by atoms with Gasteiger partial charge in [-0.1, -0.05) is 65.8 Å². The van der Waals surface area contributed by atoms with Crippen LogP contribution in [0.4, 0.5) is 0 Å². The van der Waals surface area contributed by atoms with E-state index in [1.165, 1.54) is 18.9 Å². The highest BCUT2D eigenvalue weighted by molar-refractivity contribution is 8.03. The topological polar surface area (TPSA) is 100 Å². The van der Waals surface area contributed by atoms with E-state index in [0.717, 1.165) is 11.1 Å². The van der Waals surface area contributed by atoms with E-state index in [4.69, 9.17) is 21.1 Å². The summed E-state index contributed by atoms with van der Waals surface area (Å²) in [4.78, 5) is 25.4. The first-order valence-electron chi connectivity index (χ1n) is 10.9. The molecule has 182 valence electrons. The van der Waals surface area contributed by atoms with Crippen LogP contribution in [-0.2, 0) is 25.6 Å². The molecule has 3 rings (SSSR count). The Morgan fingerprint density at radius 2 is 1.86 bits per heavy atom. The van der Waals surface area contributed by atoms with Crippen molar-refractivity contribution in [3.63, 3.8) is 0 Å². The average Bonchev–Trinajstić information content (AvgIpc) is 2.87. The number of rotatable bonds is 10. The minimum absolute atomic E-state index is 0.0915. The Morgan fingerprint density at radius 1 is 1.14 bits per heavy atom. The molecule has 2 aromatic rings. The number of methoxy groups -OCH3 is 1. The van der Waals surface area contributed by atoms with Gasteiger partial charge < -0.3 is 20.1 Å².